The van der Waals surface area contributed by atoms with Crippen molar-refractivity contribution in [2.24, 2.45) is 7.05 Å². The molecule has 0 radical (unpaired) electrons. The summed E-state index contributed by atoms with van der Waals surface area (Å²) in [6.07, 6.45) is 3.70. The summed E-state index contributed by atoms with van der Waals surface area (Å²) in [6.45, 7) is 3.56. The highest BCUT2D eigenvalue weighted by Crippen LogP contribution is 2.45. The van der Waals surface area contributed by atoms with Crippen molar-refractivity contribution in [3.05, 3.63) is 92.2 Å². The van der Waals surface area contributed by atoms with Crippen molar-refractivity contribution in [3.8, 4) is 22.6 Å². The van der Waals surface area contributed by atoms with E-state index >= 15 is 4.39 Å². The van der Waals surface area contributed by atoms with Crippen molar-refractivity contribution >= 4 is 34.8 Å². The van der Waals surface area contributed by atoms with Gasteiger partial charge in [0.25, 0.3) is 5.91 Å². The van der Waals surface area contributed by atoms with Gasteiger partial charge in [-0.2, -0.15) is 0 Å². The second-order valence-corrected chi connectivity index (χ2v) is 14.7. The molecule has 1 aliphatic heterocycles. The van der Waals surface area contributed by atoms with E-state index in [9.17, 15) is 15.0 Å². The Balaban J connectivity index is 1.10. The first kappa shape index (κ1) is 36.6. The Labute approximate surface area is 312 Å². The lowest BCUT2D eigenvalue weighted by Crippen LogP contribution is -2.39. The van der Waals surface area contributed by atoms with Gasteiger partial charge < -0.3 is 34.9 Å². The zero-order chi connectivity index (χ0) is 36.7. The van der Waals surface area contributed by atoms with Crippen LogP contribution in [0.2, 0.25) is 10.0 Å². The minimum absolute atomic E-state index is 0.0110. The largest absolute Gasteiger partial charge is 0.496 e. The smallest absolute Gasteiger partial charge is 0.291 e. The summed E-state index contributed by atoms with van der Waals surface area (Å²) in [5.74, 6) is -0.162. The van der Waals surface area contributed by atoms with Crippen molar-refractivity contribution in [2.75, 3.05) is 25.6 Å². The first-order valence-electron chi connectivity index (χ1n) is 17.8. The van der Waals surface area contributed by atoms with Crippen LogP contribution in [0, 0.1) is 5.82 Å². The number of aromatic nitrogens is 2. The van der Waals surface area contributed by atoms with Crippen LogP contribution in [0.5, 0.6) is 11.5 Å². The van der Waals surface area contributed by atoms with Crippen molar-refractivity contribution in [1.82, 2.24) is 19.8 Å². The SMILES string of the molecule is COc1cc(OC2CCc3c(-c4cccc(NC(=O)c5nc6c(n5C)CCN(C(C)CO)C6)c4Cl)cccc32)c(Cl)c(F)c1CN[C@H]1CCC[C@@H]1O. The fourth-order valence-corrected chi connectivity index (χ4v) is 8.35. The summed E-state index contributed by atoms with van der Waals surface area (Å²) < 4.78 is 29.5. The number of hydrogen-bond donors (Lipinski definition) is 4. The summed E-state index contributed by atoms with van der Waals surface area (Å²) in [4.78, 5) is 20.4. The zero-order valence-corrected chi connectivity index (χ0v) is 31.0. The normalized spacial score (nSPS) is 20.4. The molecule has 3 aromatic carbocycles. The fraction of sp³-hybridized carbons (Fsp3) is 0.436. The molecule has 1 aromatic heterocycles. The van der Waals surface area contributed by atoms with Gasteiger partial charge in [0.2, 0.25) is 0 Å². The molecule has 4 N–H and O–H groups in total. The maximum atomic E-state index is 15.7. The van der Waals surface area contributed by atoms with Crippen LogP contribution in [0.25, 0.3) is 11.1 Å². The van der Waals surface area contributed by atoms with Gasteiger partial charge in [-0.05, 0) is 61.8 Å². The average Bonchev–Trinajstić information content (AvgIpc) is 3.86. The minimum Gasteiger partial charge on any atom is -0.496 e. The molecule has 0 spiro atoms. The number of aliphatic hydroxyl groups excluding tert-OH is 2. The Morgan fingerprint density at radius 3 is 2.63 bits per heavy atom. The summed E-state index contributed by atoms with van der Waals surface area (Å²) in [7, 11) is 3.33. The Morgan fingerprint density at radius 1 is 1.10 bits per heavy atom. The Morgan fingerprint density at radius 2 is 1.88 bits per heavy atom. The first-order chi connectivity index (χ1) is 25.1. The molecule has 1 fully saturated rings. The molecule has 0 bridgehead atoms. The van der Waals surface area contributed by atoms with Crippen molar-refractivity contribution in [3.63, 3.8) is 0 Å². The summed E-state index contributed by atoms with van der Waals surface area (Å²) in [5, 5.41) is 26.3. The van der Waals surface area contributed by atoms with Gasteiger partial charge in [0.1, 0.15) is 22.6 Å². The number of anilines is 1. The third kappa shape index (κ3) is 6.90. The zero-order valence-electron chi connectivity index (χ0n) is 29.5. The van der Waals surface area contributed by atoms with Crippen LogP contribution in [-0.4, -0.2) is 69.0 Å². The number of nitrogens with zero attached hydrogens (tertiary/aromatic N) is 3. The van der Waals surface area contributed by atoms with Gasteiger partial charge in [0.15, 0.2) is 11.6 Å². The van der Waals surface area contributed by atoms with Crippen LogP contribution in [0.1, 0.15) is 77.4 Å². The number of fused-ring (bicyclic) bond motifs is 2. The average molecular weight is 753 g/mol. The molecule has 7 rings (SSSR count). The predicted octanol–water partition coefficient (Wildman–Crippen LogP) is 6.60. The van der Waals surface area contributed by atoms with E-state index in [2.05, 4.69) is 20.5 Å². The van der Waals surface area contributed by atoms with Crippen molar-refractivity contribution < 1.29 is 28.9 Å². The molecule has 10 nitrogen and oxygen atoms in total. The van der Waals surface area contributed by atoms with E-state index in [1.165, 1.54) is 7.11 Å². The molecular formula is C39H44Cl2FN5O5. The molecule has 1 amide bonds. The number of rotatable bonds is 11. The number of ether oxygens (including phenoxy) is 2. The van der Waals surface area contributed by atoms with E-state index in [0.29, 0.717) is 41.7 Å². The Kier molecular flexibility index (Phi) is 10.8. The van der Waals surface area contributed by atoms with Gasteiger partial charge in [0, 0.05) is 68.1 Å². The third-order valence-corrected chi connectivity index (χ3v) is 11.6. The van der Waals surface area contributed by atoms with Gasteiger partial charge >= 0.3 is 0 Å². The Bertz CT molecular complexity index is 1990. The number of halogens is 3. The topological polar surface area (TPSA) is 121 Å². The van der Waals surface area contributed by atoms with Gasteiger partial charge in [-0.15, -0.1) is 0 Å². The quantitative estimate of drug-likeness (QED) is 0.135. The molecule has 2 aliphatic carbocycles. The molecule has 4 aromatic rings. The van der Waals surface area contributed by atoms with Gasteiger partial charge in [-0.25, -0.2) is 9.37 Å². The fourth-order valence-electron chi connectivity index (χ4n) is 7.86. The van der Waals surface area contributed by atoms with Crippen LogP contribution >= 0.6 is 23.2 Å². The molecule has 2 heterocycles. The maximum Gasteiger partial charge on any atom is 0.291 e. The predicted molar refractivity (Wildman–Crippen MR) is 199 cm³/mol. The van der Waals surface area contributed by atoms with Gasteiger partial charge in [-0.1, -0.05) is 53.5 Å². The Hall–Kier alpha value is -3.71. The maximum absolute atomic E-state index is 15.7. The lowest BCUT2D eigenvalue weighted by atomic mass is 9.96. The third-order valence-electron chi connectivity index (χ3n) is 10.9. The highest BCUT2D eigenvalue weighted by atomic mass is 35.5. The van der Waals surface area contributed by atoms with E-state index in [1.807, 2.05) is 48.9 Å². The standard InChI is InChI=1S/C39H44Cl2FN5O5/c1-21(20-48)47-16-15-30-29(19-47)44-38(46(30)2)39(50)45-28-11-5-9-25(35(28)40)22-7-4-8-24-23(22)13-14-32(24)52-34-17-33(51-3)26(37(42)36(34)41)18-43-27-10-6-12-31(27)49/h4-5,7-9,11,17,21,27,31-32,43,48-49H,6,10,12-16,18-20H2,1-3H3,(H,45,50)/t21?,27-,31-,32?/m0/s1. The highest BCUT2D eigenvalue weighted by molar-refractivity contribution is 6.36. The highest BCUT2D eigenvalue weighted by Gasteiger charge is 2.31. The molecule has 3 aliphatic rings. The number of nitrogens with one attached hydrogen (secondary N) is 2. The number of methoxy groups -OCH3 is 1. The second kappa shape index (κ2) is 15.3. The molecule has 52 heavy (non-hydrogen) atoms. The van der Waals surface area contributed by atoms with Crippen LogP contribution in [0.15, 0.2) is 42.5 Å². The molecular weight excluding hydrogens is 708 g/mol. The number of amides is 1. The first-order valence-corrected chi connectivity index (χ1v) is 18.6. The number of aliphatic hydroxyl groups is 2. The summed E-state index contributed by atoms with van der Waals surface area (Å²) in [5.41, 5.74) is 6.29. The summed E-state index contributed by atoms with van der Waals surface area (Å²) >= 11 is 13.6. The van der Waals surface area contributed by atoms with Crippen molar-refractivity contribution in [1.29, 1.82) is 0 Å². The molecule has 13 heteroatoms. The van der Waals surface area contributed by atoms with Crippen LogP contribution in [0.3, 0.4) is 0 Å². The number of benzene rings is 3. The number of carbonyl (C=O) groups is 1. The molecule has 0 saturated heterocycles. The van der Waals surface area contributed by atoms with E-state index in [1.54, 1.807) is 12.1 Å². The number of carbonyl (C=O) groups excluding carboxylic acids is 1. The van der Waals surface area contributed by atoms with E-state index in [0.717, 1.165) is 65.9 Å². The second-order valence-electron chi connectivity index (χ2n) is 13.9. The molecule has 2 unspecified atom stereocenters. The molecule has 276 valence electrons. The van der Waals surface area contributed by atoms with Crippen LogP contribution < -0.4 is 20.1 Å². The van der Waals surface area contributed by atoms with Gasteiger partial charge in [-0.3, -0.25) is 9.69 Å². The van der Waals surface area contributed by atoms with Crippen LogP contribution in [-0.2, 0) is 33.0 Å². The van der Waals surface area contributed by atoms with E-state index in [-0.39, 0.29) is 53.6 Å². The molecule has 4 atom stereocenters. The molecule has 1 saturated carbocycles. The summed E-state index contributed by atoms with van der Waals surface area (Å²) in [6, 6.07) is 13.0. The van der Waals surface area contributed by atoms with Crippen LogP contribution in [0.4, 0.5) is 10.1 Å². The number of hydrogen-bond acceptors (Lipinski definition) is 8. The lowest BCUT2D eigenvalue weighted by Gasteiger charge is -2.30. The monoisotopic (exact) mass is 751 g/mol. The van der Waals surface area contributed by atoms with Gasteiger partial charge in [0.05, 0.1) is 36.2 Å². The van der Waals surface area contributed by atoms with E-state index < -0.39 is 11.9 Å². The van der Waals surface area contributed by atoms with E-state index in [4.69, 9.17) is 32.7 Å². The minimum atomic E-state index is -0.613. The lowest BCUT2D eigenvalue weighted by molar-refractivity contribution is 0.101. The van der Waals surface area contributed by atoms with Crippen molar-refractivity contribution in [2.45, 2.75) is 82.8 Å². The number of imidazole rings is 1.